The summed E-state index contributed by atoms with van der Waals surface area (Å²) < 4.78 is 0. The summed E-state index contributed by atoms with van der Waals surface area (Å²) >= 11 is 0. The third kappa shape index (κ3) is 4.88. The van der Waals surface area contributed by atoms with Gasteiger partial charge in [0.2, 0.25) is 5.91 Å². The number of nitrogens with zero attached hydrogens (tertiary/aromatic N) is 1. The first-order valence-electron chi connectivity index (χ1n) is 10.9. The highest BCUT2D eigenvalue weighted by Crippen LogP contribution is 2.43. The van der Waals surface area contributed by atoms with Gasteiger partial charge in [-0.2, -0.15) is 0 Å². The molecule has 2 aromatic carbocycles. The number of aliphatic hydroxyl groups is 1. The van der Waals surface area contributed by atoms with Gasteiger partial charge in [0.1, 0.15) is 5.41 Å². The predicted molar refractivity (Wildman–Crippen MR) is 118 cm³/mol. The number of carbonyl (C=O) groups is 1. The van der Waals surface area contributed by atoms with Crippen molar-refractivity contribution < 1.29 is 9.90 Å². The number of hydrogen-bond acceptors (Lipinski definition) is 3. The van der Waals surface area contributed by atoms with E-state index >= 15 is 0 Å². The van der Waals surface area contributed by atoms with E-state index in [1.54, 1.807) is 0 Å². The number of aliphatic hydroxyl groups excluding tert-OH is 1. The molecule has 1 saturated heterocycles. The third-order valence-corrected chi connectivity index (χ3v) is 6.36. The fraction of sp³-hybridized carbons (Fsp3) is 0.480. The van der Waals surface area contributed by atoms with Crippen LogP contribution in [0.2, 0.25) is 0 Å². The summed E-state index contributed by atoms with van der Waals surface area (Å²) in [5.74, 6) is -0.0926. The Balaban J connectivity index is 1.77. The molecule has 1 aliphatic heterocycles. The van der Waals surface area contributed by atoms with Gasteiger partial charge in [-0.3, -0.25) is 4.79 Å². The fourth-order valence-corrected chi connectivity index (χ4v) is 4.89. The van der Waals surface area contributed by atoms with Gasteiger partial charge in [-0.15, -0.1) is 0 Å². The molecule has 0 aliphatic carbocycles. The number of hydrogen-bond donors (Lipinski definition) is 2. The number of rotatable bonds is 11. The molecule has 1 heterocycles. The molecule has 0 spiro atoms. The van der Waals surface area contributed by atoms with Crippen molar-refractivity contribution in [1.82, 2.24) is 4.90 Å². The maximum Gasteiger partial charge on any atom is 0.232 e. The summed E-state index contributed by atoms with van der Waals surface area (Å²) in [6, 6.07) is 20.1. The minimum atomic E-state index is -0.793. The van der Waals surface area contributed by atoms with Crippen molar-refractivity contribution in [2.75, 3.05) is 26.2 Å². The first-order valence-corrected chi connectivity index (χ1v) is 10.9. The lowest BCUT2D eigenvalue weighted by Gasteiger charge is -2.37. The lowest BCUT2D eigenvalue weighted by molar-refractivity contribution is -0.123. The van der Waals surface area contributed by atoms with E-state index in [0.717, 1.165) is 50.0 Å². The van der Waals surface area contributed by atoms with E-state index < -0.39 is 5.41 Å². The van der Waals surface area contributed by atoms with Crippen molar-refractivity contribution in [3.05, 3.63) is 71.8 Å². The number of unbranched alkanes of at least 4 members (excludes halogenated alkanes) is 4. The van der Waals surface area contributed by atoms with E-state index in [0.29, 0.717) is 6.61 Å². The number of likely N-dealkylation sites (tertiary alicyclic amines) is 1. The van der Waals surface area contributed by atoms with Crippen LogP contribution in [0.15, 0.2) is 60.7 Å². The Bertz CT molecular complexity index is 708. The number of carbonyl (C=O) groups excluding carboxylic acids is 1. The average Bonchev–Trinajstić information content (AvgIpc) is 3.21. The molecule has 3 N–H and O–H groups in total. The molecule has 29 heavy (non-hydrogen) atoms. The number of amides is 1. The summed E-state index contributed by atoms with van der Waals surface area (Å²) in [6.07, 6.45) is 6.51. The van der Waals surface area contributed by atoms with Crippen molar-refractivity contribution in [3.63, 3.8) is 0 Å². The van der Waals surface area contributed by atoms with Gasteiger partial charge in [-0.1, -0.05) is 79.9 Å². The first kappa shape index (κ1) is 21.5. The molecule has 0 aromatic heterocycles. The van der Waals surface area contributed by atoms with E-state index in [1.165, 1.54) is 19.3 Å². The Labute approximate surface area is 174 Å². The first-order chi connectivity index (χ1) is 14.2. The Morgan fingerprint density at radius 3 is 2.03 bits per heavy atom. The van der Waals surface area contributed by atoms with Crippen molar-refractivity contribution in [3.8, 4) is 0 Å². The fourth-order valence-electron chi connectivity index (χ4n) is 4.89. The zero-order valence-corrected chi connectivity index (χ0v) is 17.3. The number of benzene rings is 2. The van der Waals surface area contributed by atoms with Crippen LogP contribution < -0.4 is 5.73 Å². The summed E-state index contributed by atoms with van der Waals surface area (Å²) in [6.45, 7) is 3.26. The van der Waals surface area contributed by atoms with Crippen molar-refractivity contribution in [2.45, 2.75) is 43.9 Å². The highest BCUT2D eigenvalue weighted by molar-refractivity contribution is 5.91. The van der Waals surface area contributed by atoms with Gasteiger partial charge in [0.15, 0.2) is 0 Å². The summed E-state index contributed by atoms with van der Waals surface area (Å²) in [5, 5.41) is 8.89. The van der Waals surface area contributed by atoms with Crippen molar-refractivity contribution >= 4 is 5.91 Å². The molecule has 0 unspecified atom stereocenters. The quantitative estimate of drug-likeness (QED) is 0.571. The van der Waals surface area contributed by atoms with Crippen LogP contribution in [0, 0.1) is 5.92 Å². The maximum absolute atomic E-state index is 13.1. The van der Waals surface area contributed by atoms with Gasteiger partial charge in [0.05, 0.1) is 0 Å². The van der Waals surface area contributed by atoms with Gasteiger partial charge in [-0.25, -0.2) is 0 Å². The molecule has 1 fully saturated rings. The van der Waals surface area contributed by atoms with E-state index in [-0.39, 0.29) is 11.8 Å². The molecule has 0 saturated carbocycles. The van der Waals surface area contributed by atoms with Gasteiger partial charge in [0, 0.05) is 13.2 Å². The summed E-state index contributed by atoms with van der Waals surface area (Å²) in [5.41, 5.74) is 7.35. The smallest absolute Gasteiger partial charge is 0.232 e. The third-order valence-electron chi connectivity index (χ3n) is 6.36. The Morgan fingerprint density at radius 1 is 0.931 bits per heavy atom. The van der Waals surface area contributed by atoms with Gasteiger partial charge >= 0.3 is 0 Å². The van der Waals surface area contributed by atoms with Crippen LogP contribution in [-0.4, -0.2) is 42.2 Å². The van der Waals surface area contributed by atoms with Crippen LogP contribution in [0.3, 0.4) is 0 Å². The van der Waals surface area contributed by atoms with Crippen molar-refractivity contribution in [1.29, 1.82) is 0 Å². The van der Waals surface area contributed by atoms with E-state index in [2.05, 4.69) is 4.90 Å². The Morgan fingerprint density at radius 2 is 1.48 bits per heavy atom. The molecule has 2 aromatic rings. The van der Waals surface area contributed by atoms with Crippen LogP contribution in [0.25, 0.3) is 0 Å². The van der Waals surface area contributed by atoms with Crippen LogP contribution in [-0.2, 0) is 10.2 Å². The van der Waals surface area contributed by atoms with E-state index in [9.17, 15) is 4.79 Å². The highest BCUT2D eigenvalue weighted by Gasteiger charge is 2.49. The van der Waals surface area contributed by atoms with Gasteiger partial charge < -0.3 is 15.7 Å². The predicted octanol–water partition coefficient (Wildman–Crippen LogP) is 3.72. The minimum absolute atomic E-state index is 0.166. The number of primary amides is 1. The lowest BCUT2D eigenvalue weighted by Crippen LogP contribution is -2.49. The molecular weight excluding hydrogens is 360 g/mol. The molecule has 1 amide bonds. The van der Waals surface area contributed by atoms with Crippen LogP contribution >= 0.6 is 0 Å². The Hall–Kier alpha value is -2.17. The molecule has 1 atom stereocenters. The number of nitrogens with two attached hydrogens (primary N) is 1. The SMILES string of the molecule is NC(=O)C(c1ccccc1)(c1ccccc1)[C@@H]1CCN(CCCCCCCO)C1. The van der Waals surface area contributed by atoms with Crippen LogP contribution in [0.4, 0.5) is 0 Å². The molecular formula is C25H34N2O2. The van der Waals surface area contributed by atoms with Crippen molar-refractivity contribution in [2.24, 2.45) is 11.7 Å². The van der Waals surface area contributed by atoms with E-state index in [4.69, 9.17) is 10.8 Å². The highest BCUT2D eigenvalue weighted by atomic mass is 16.2. The second-order valence-electron chi connectivity index (χ2n) is 8.18. The minimum Gasteiger partial charge on any atom is -0.396 e. The average molecular weight is 395 g/mol. The lowest BCUT2D eigenvalue weighted by atomic mass is 9.64. The molecule has 0 bridgehead atoms. The topological polar surface area (TPSA) is 66.6 Å². The summed E-state index contributed by atoms with van der Waals surface area (Å²) in [7, 11) is 0. The Kier molecular flexibility index (Phi) is 7.84. The molecule has 3 rings (SSSR count). The normalized spacial score (nSPS) is 17.5. The second-order valence-corrected chi connectivity index (χ2v) is 8.18. The van der Waals surface area contributed by atoms with E-state index in [1.807, 2.05) is 60.7 Å². The monoisotopic (exact) mass is 394 g/mol. The summed E-state index contributed by atoms with van der Waals surface area (Å²) in [4.78, 5) is 15.5. The largest absolute Gasteiger partial charge is 0.396 e. The molecule has 156 valence electrons. The zero-order valence-electron chi connectivity index (χ0n) is 17.3. The molecule has 4 heteroatoms. The molecule has 0 radical (unpaired) electrons. The standard InChI is InChI=1S/C25H34N2O2/c26-24(29)25(21-12-6-4-7-13-21,22-14-8-5-9-15-22)23-16-18-27(20-23)17-10-2-1-3-11-19-28/h4-9,12-15,23,28H,1-3,10-11,16-20H2,(H2,26,29)/t23-/m1/s1. The van der Waals surface area contributed by atoms with Crippen LogP contribution in [0.1, 0.15) is 49.7 Å². The van der Waals surface area contributed by atoms with Gasteiger partial charge in [0.25, 0.3) is 0 Å². The zero-order chi connectivity index (χ0) is 20.5. The van der Waals surface area contributed by atoms with Crippen LogP contribution in [0.5, 0.6) is 0 Å². The molecule has 1 aliphatic rings. The maximum atomic E-state index is 13.1. The molecule has 4 nitrogen and oxygen atoms in total. The van der Waals surface area contributed by atoms with Gasteiger partial charge in [-0.05, 0) is 49.4 Å². The second kappa shape index (κ2) is 10.6.